The fourth-order valence-corrected chi connectivity index (χ4v) is 0.857. The van der Waals surface area contributed by atoms with Gasteiger partial charge in [-0.25, -0.2) is 0 Å². The molecule has 13 heavy (non-hydrogen) atoms. The van der Waals surface area contributed by atoms with Gasteiger partial charge in [0.25, 0.3) is 0 Å². The lowest BCUT2D eigenvalue weighted by Gasteiger charge is -2.28. The maximum absolute atomic E-state index is 10.5. The van der Waals surface area contributed by atoms with Crippen molar-refractivity contribution in [2.24, 2.45) is 0 Å². The van der Waals surface area contributed by atoms with E-state index in [1.165, 1.54) is 0 Å². The SMILES string of the molecule is CC(=O)C[C@](O)(CC(=O)[O-])C(=O)[O-]. The molecule has 1 atom stereocenters. The number of ketones is 1. The summed E-state index contributed by atoms with van der Waals surface area (Å²) in [6.07, 6.45) is -1.96. The highest BCUT2D eigenvalue weighted by atomic mass is 16.4. The lowest BCUT2D eigenvalue weighted by Crippen LogP contribution is -2.52. The second-order valence-corrected chi connectivity index (χ2v) is 2.75. The number of carbonyl (C=O) groups is 3. The molecule has 74 valence electrons. The maximum Gasteiger partial charge on any atom is 0.133 e. The summed E-state index contributed by atoms with van der Waals surface area (Å²) in [5.74, 6) is -4.40. The van der Waals surface area contributed by atoms with E-state index in [1.807, 2.05) is 0 Å². The molecule has 0 fully saturated rings. The molecule has 0 aliphatic carbocycles. The summed E-state index contributed by atoms with van der Waals surface area (Å²) >= 11 is 0. The van der Waals surface area contributed by atoms with Crippen molar-refractivity contribution in [3.8, 4) is 0 Å². The Bertz CT molecular complexity index is 227. The number of carbonyl (C=O) groups excluding carboxylic acids is 3. The van der Waals surface area contributed by atoms with E-state index < -0.39 is 36.2 Å². The van der Waals surface area contributed by atoms with Crippen molar-refractivity contribution in [2.75, 3.05) is 0 Å². The molecule has 0 aromatic rings. The van der Waals surface area contributed by atoms with Crippen LogP contribution in [0.2, 0.25) is 0 Å². The summed E-state index contributed by atoms with van der Waals surface area (Å²) in [5.41, 5.74) is -2.66. The van der Waals surface area contributed by atoms with Crippen molar-refractivity contribution >= 4 is 17.7 Å². The second-order valence-electron chi connectivity index (χ2n) is 2.75. The summed E-state index contributed by atoms with van der Waals surface area (Å²) < 4.78 is 0. The van der Waals surface area contributed by atoms with E-state index in [0.717, 1.165) is 6.92 Å². The molecule has 0 saturated carbocycles. The molecule has 0 amide bonds. The van der Waals surface area contributed by atoms with Crippen molar-refractivity contribution in [3.05, 3.63) is 0 Å². The van der Waals surface area contributed by atoms with E-state index in [9.17, 15) is 24.6 Å². The molecule has 0 heterocycles. The van der Waals surface area contributed by atoms with Crippen LogP contribution in [-0.2, 0) is 14.4 Å². The summed E-state index contributed by atoms with van der Waals surface area (Å²) in [5, 5.41) is 29.4. The monoisotopic (exact) mass is 188 g/mol. The number of carboxylic acid groups (broad SMARTS) is 2. The zero-order chi connectivity index (χ0) is 10.6. The lowest BCUT2D eigenvalue weighted by atomic mass is 9.94. The Kier molecular flexibility index (Phi) is 3.55. The van der Waals surface area contributed by atoms with Gasteiger partial charge in [-0.05, 0) is 6.92 Å². The highest BCUT2D eigenvalue weighted by Gasteiger charge is 2.30. The average Bonchev–Trinajstić information content (AvgIpc) is 1.82. The topological polar surface area (TPSA) is 118 Å². The molecule has 6 nitrogen and oxygen atoms in total. The molecule has 0 saturated heterocycles. The highest BCUT2D eigenvalue weighted by Crippen LogP contribution is 2.14. The Morgan fingerprint density at radius 2 is 1.69 bits per heavy atom. The standard InChI is InChI=1S/C7H10O6/c1-4(8)2-7(13,6(11)12)3-5(9)10/h13H,2-3H2,1H3,(H,9,10)(H,11,12)/p-2/t7-/m0/s1. The van der Waals surface area contributed by atoms with Gasteiger partial charge in [0.05, 0.1) is 5.97 Å². The minimum atomic E-state index is -2.66. The van der Waals surface area contributed by atoms with Crippen LogP contribution in [0.4, 0.5) is 0 Å². The van der Waals surface area contributed by atoms with E-state index in [-0.39, 0.29) is 0 Å². The molecule has 0 aliphatic heterocycles. The quantitative estimate of drug-likeness (QED) is 0.480. The van der Waals surface area contributed by atoms with Crippen LogP contribution < -0.4 is 10.2 Å². The Hall–Kier alpha value is -1.43. The summed E-state index contributed by atoms with van der Waals surface area (Å²) in [7, 11) is 0. The van der Waals surface area contributed by atoms with Crippen LogP contribution in [0.25, 0.3) is 0 Å². The maximum atomic E-state index is 10.5. The molecular formula is C7H8O6-2. The van der Waals surface area contributed by atoms with Crippen molar-refractivity contribution in [1.29, 1.82) is 0 Å². The molecule has 0 rings (SSSR count). The summed E-state index contributed by atoms with van der Waals surface area (Å²) in [6.45, 7) is 1.03. The van der Waals surface area contributed by atoms with Crippen LogP contribution in [0.3, 0.4) is 0 Å². The third kappa shape index (κ3) is 3.66. The number of hydrogen-bond acceptors (Lipinski definition) is 6. The number of rotatable bonds is 5. The molecule has 0 aromatic carbocycles. The first kappa shape index (κ1) is 11.6. The normalized spacial score (nSPS) is 14.6. The van der Waals surface area contributed by atoms with Crippen LogP contribution in [0, 0.1) is 0 Å². The highest BCUT2D eigenvalue weighted by molar-refractivity contribution is 5.88. The fraction of sp³-hybridized carbons (Fsp3) is 0.571. The molecule has 0 spiro atoms. The van der Waals surface area contributed by atoms with Crippen molar-refractivity contribution in [2.45, 2.75) is 25.4 Å². The summed E-state index contributed by atoms with van der Waals surface area (Å²) in [4.78, 5) is 30.8. The summed E-state index contributed by atoms with van der Waals surface area (Å²) in [6, 6.07) is 0. The predicted octanol–water partition coefficient (Wildman–Crippen LogP) is -3.41. The molecule has 0 unspecified atom stereocenters. The van der Waals surface area contributed by atoms with Gasteiger partial charge in [-0.1, -0.05) is 0 Å². The molecular weight excluding hydrogens is 180 g/mol. The molecule has 6 heteroatoms. The number of aliphatic carboxylic acids is 2. The smallest absolute Gasteiger partial charge is 0.133 e. The van der Waals surface area contributed by atoms with Gasteiger partial charge in [0.15, 0.2) is 0 Å². The Labute approximate surface area is 73.8 Å². The first-order valence-corrected chi connectivity index (χ1v) is 3.41. The molecule has 0 aliphatic rings. The van der Waals surface area contributed by atoms with Gasteiger partial charge in [0, 0.05) is 18.8 Å². The van der Waals surface area contributed by atoms with Crippen LogP contribution in [0.5, 0.6) is 0 Å². The number of aliphatic hydroxyl groups is 1. The van der Waals surface area contributed by atoms with Gasteiger partial charge in [0.1, 0.15) is 11.4 Å². The number of Topliss-reactive ketones (excluding diaryl/α,β-unsaturated/α-hetero) is 1. The van der Waals surface area contributed by atoms with Crippen molar-refractivity contribution < 1.29 is 29.7 Å². The Balaban J connectivity index is 4.62. The van der Waals surface area contributed by atoms with Crippen molar-refractivity contribution in [3.63, 3.8) is 0 Å². The second kappa shape index (κ2) is 3.99. The van der Waals surface area contributed by atoms with E-state index >= 15 is 0 Å². The van der Waals surface area contributed by atoms with E-state index in [0.29, 0.717) is 0 Å². The van der Waals surface area contributed by atoms with Gasteiger partial charge in [-0.3, -0.25) is 4.79 Å². The number of hydrogen-bond donors (Lipinski definition) is 1. The van der Waals surface area contributed by atoms with Crippen molar-refractivity contribution in [1.82, 2.24) is 0 Å². The molecule has 1 N–H and O–H groups in total. The molecule has 0 radical (unpaired) electrons. The van der Waals surface area contributed by atoms with E-state index in [1.54, 1.807) is 0 Å². The van der Waals surface area contributed by atoms with Crippen LogP contribution >= 0.6 is 0 Å². The van der Waals surface area contributed by atoms with Gasteiger partial charge < -0.3 is 24.9 Å². The van der Waals surface area contributed by atoms with Gasteiger partial charge in [0.2, 0.25) is 0 Å². The van der Waals surface area contributed by atoms with Crippen LogP contribution in [0.1, 0.15) is 19.8 Å². The first-order valence-electron chi connectivity index (χ1n) is 3.41. The average molecular weight is 188 g/mol. The van der Waals surface area contributed by atoms with E-state index in [2.05, 4.69) is 0 Å². The minimum absolute atomic E-state index is 0.645. The molecule has 0 bridgehead atoms. The largest absolute Gasteiger partial charge is 0.550 e. The third-order valence-corrected chi connectivity index (χ3v) is 1.36. The number of carboxylic acids is 2. The van der Waals surface area contributed by atoms with Gasteiger partial charge in [-0.2, -0.15) is 0 Å². The third-order valence-electron chi connectivity index (χ3n) is 1.36. The fourth-order valence-electron chi connectivity index (χ4n) is 0.857. The molecule has 0 aromatic heterocycles. The zero-order valence-corrected chi connectivity index (χ0v) is 6.90. The lowest BCUT2D eigenvalue weighted by molar-refractivity contribution is -0.333. The van der Waals surface area contributed by atoms with E-state index in [4.69, 9.17) is 5.11 Å². The van der Waals surface area contributed by atoms with Gasteiger partial charge in [-0.15, -0.1) is 0 Å². The Morgan fingerprint density at radius 1 is 1.23 bits per heavy atom. The van der Waals surface area contributed by atoms with Crippen LogP contribution in [0.15, 0.2) is 0 Å². The Morgan fingerprint density at radius 3 is 1.92 bits per heavy atom. The van der Waals surface area contributed by atoms with Crippen LogP contribution in [-0.4, -0.2) is 28.4 Å². The first-order chi connectivity index (χ1) is 5.78. The minimum Gasteiger partial charge on any atom is -0.550 e. The predicted molar refractivity (Wildman–Crippen MR) is 34.9 cm³/mol. The van der Waals surface area contributed by atoms with Gasteiger partial charge >= 0.3 is 0 Å². The zero-order valence-electron chi connectivity index (χ0n) is 6.90.